The Morgan fingerprint density at radius 3 is 2.11 bits per heavy atom. The van der Waals surface area contributed by atoms with Crippen molar-refractivity contribution >= 4 is 23.5 Å². The van der Waals surface area contributed by atoms with Crippen LogP contribution in [0.4, 0.5) is 0 Å². The number of rotatable bonds is 10. The third-order valence-electron chi connectivity index (χ3n) is 4.70. The Kier molecular flexibility index (Phi) is 7.86. The van der Waals surface area contributed by atoms with E-state index in [4.69, 9.17) is 11.6 Å². The van der Waals surface area contributed by atoms with Crippen molar-refractivity contribution in [2.75, 3.05) is 0 Å². The highest BCUT2D eigenvalue weighted by Crippen LogP contribution is 2.23. The van der Waals surface area contributed by atoms with Gasteiger partial charge in [0.1, 0.15) is 0 Å². The standard InChI is InChI=1S/C22H25ClO4/c1-2-3-4-7-15-12-13-16(20(23)14-15)8-5-9-17-18(21(24)25)10-6-11-19(17)22(26)27/h6,10-14H,2-5,7-9H2,1H3,(H,24,25)(H,26,27). The lowest BCUT2D eigenvalue weighted by Gasteiger charge is -2.11. The minimum absolute atomic E-state index is 0.0484. The predicted molar refractivity (Wildman–Crippen MR) is 107 cm³/mol. The number of benzene rings is 2. The van der Waals surface area contributed by atoms with Gasteiger partial charge in [-0.3, -0.25) is 0 Å². The summed E-state index contributed by atoms with van der Waals surface area (Å²) in [6.45, 7) is 2.17. The van der Waals surface area contributed by atoms with Crippen molar-refractivity contribution in [2.24, 2.45) is 0 Å². The van der Waals surface area contributed by atoms with Gasteiger partial charge in [0.05, 0.1) is 11.1 Å². The topological polar surface area (TPSA) is 74.6 Å². The molecule has 2 N–H and O–H groups in total. The molecule has 0 aliphatic heterocycles. The van der Waals surface area contributed by atoms with Crippen molar-refractivity contribution in [1.29, 1.82) is 0 Å². The Morgan fingerprint density at radius 2 is 1.56 bits per heavy atom. The molecule has 0 aromatic heterocycles. The molecular weight excluding hydrogens is 364 g/mol. The van der Waals surface area contributed by atoms with E-state index in [0.717, 1.165) is 18.4 Å². The highest BCUT2D eigenvalue weighted by atomic mass is 35.5. The van der Waals surface area contributed by atoms with Crippen LogP contribution < -0.4 is 0 Å². The molecule has 27 heavy (non-hydrogen) atoms. The SMILES string of the molecule is CCCCCc1ccc(CCCc2c(C(=O)O)cccc2C(=O)O)c(Cl)c1. The first-order valence-corrected chi connectivity index (χ1v) is 9.67. The van der Waals surface area contributed by atoms with E-state index in [1.54, 1.807) is 0 Å². The normalized spacial score (nSPS) is 10.7. The molecule has 0 spiro atoms. The van der Waals surface area contributed by atoms with E-state index in [1.165, 1.54) is 36.6 Å². The van der Waals surface area contributed by atoms with Gasteiger partial charge in [0.2, 0.25) is 0 Å². The van der Waals surface area contributed by atoms with Crippen molar-refractivity contribution in [3.05, 3.63) is 69.2 Å². The smallest absolute Gasteiger partial charge is 0.335 e. The summed E-state index contributed by atoms with van der Waals surface area (Å²) in [6.07, 6.45) is 6.22. The molecule has 2 aromatic rings. The fraction of sp³-hybridized carbons (Fsp3) is 0.364. The maximum atomic E-state index is 11.4. The van der Waals surface area contributed by atoms with Gasteiger partial charge in [0, 0.05) is 5.02 Å². The molecule has 144 valence electrons. The number of aryl methyl sites for hydroxylation is 2. The summed E-state index contributed by atoms with van der Waals surface area (Å²) in [6, 6.07) is 10.5. The zero-order valence-electron chi connectivity index (χ0n) is 15.5. The average molecular weight is 389 g/mol. The molecule has 0 heterocycles. The summed E-state index contributed by atoms with van der Waals surface area (Å²) in [7, 11) is 0. The summed E-state index contributed by atoms with van der Waals surface area (Å²) in [4.78, 5) is 22.8. The van der Waals surface area contributed by atoms with Crippen molar-refractivity contribution in [2.45, 2.75) is 51.9 Å². The van der Waals surface area contributed by atoms with Gasteiger partial charge in [-0.15, -0.1) is 0 Å². The van der Waals surface area contributed by atoms with Gasteiger partial charge in [-0.1, -0.05) is 49.6 Å². The average Bonchev–Trinajstić information content (AvgIpc) is 2.63. The summed E-state index contributed by atoms with van der Waals surface area (Å²) in [5, 5.41) is 19.4. The van der Waals surface area contributed by atoms with Crippen LogP contribution in [-0.4, -0.2) is 22.2 Å². The van der Waals surface area contributed by atoms with E-state index >= 15 is 0 Å². The lowest BCUT2D eigenvalue weighted by Crippen LogP contribution is -2.10. The van der Waals surface area contributed by atoms with E-state index in [2.05, 4.69) is 13.0 Å². The number of halogens is 1. The lowest BCUT2D eigenvalue weighted by molar-refractivity contribution is 0.0695. The van der Waals surface area contributed by atoms with Gasteiger partial charge in [-0.05, 0) is 67.0 Å². The Hall–Kier alpha value is -2.33. The highest BCUT2D eigenvalue weighted by Gasteiger charge is 2.17. The number of unbranched alkanes of at least 4 members (excludes halogenated alkanes) is 2. The Balaban J connectivity index is 2.06. The lowest BCUT2D eigenvalue weighted by atomic mass is 9.94. The van der Waals surface area contributed by atoms with Crippen LogP contribution in [0, 0.1) is 0 Å². The molecule has 4 nitrogen and oxygen atoms in total. The molecule has 0 aliphatic rings. The van der Waals surface area contributed by atoms with Crippen LogP contribution >= 0.6 is 11.6 Å². The first-order valence-electron chi connectivity index (χ1n) is 9.29. The molecule has 0 amide bonds. The first-order chi connectivity index (χ1) is 12.9. The molecule has 0 radical (unpaired) electrons. The van der Waals surface area contributed by atoms with E-state index in [1.807, 2.05) is 12.1 Å². The Bertz CT molecular complexity index is 782. The zero-order valence-corrected chi connectivity index (χ0v) is 16.3. The number of hydrogen-bond acceptors (Lipinski definition) is 2. The summed E-state index contributed by atoms with van der Waals surface area (Å²) in [5.41, 5.74) is 2.69. The number of carbonyl (C=O) groups is 2. The molecule has 0 unspecified atom stereocenters. The van der Waals surface area contributed by atoms with Crippen LogP contribution in [0.15, 0.2) is 36.4 Å². The van der Waals surface area contributed by atoms with E-state index in [-0.39, 0.29) is 11.1 Å². The summed E-state index contributed by atoms with van der Waals surface area (Å²) >= 11 is 6.40. The molecule has 0 aliphatic carbocycles. The van der Waals surface area contributed by atoms with Crippen LogP contribution in [0.25, 0.3) is 0 Å². The van der Waals surface area contributed by atoms with Gasteiger partial charge in [-0.25, -0.2) is 9.59 Å². The third-order valence-corrected chi connectivity index (χ3v) is 5.05. The van der Waals surface area contributed by atoms with Gasteiger partial charge in [0.15, 0.2) is 0 Å². The van der Waals surface area contributed by atoms with Crippen LogP contribution in [0.2, 0.25) is 5.02 Å². The zero-order chi connectivity index (χ0) is 19.8. The number of carboxylic acid groups (broad SMARTS) is 2. The van der Waals surface area contributed by atoms with Gasteiger partial charge in [0.25, 0.3) is 0 Å². The highest BCUT2D eigenvalue weighted by molar-refractivity contribution is 6.31. The van der Waals surface area contributed by atoms with E-state index in [0.29, 0.717) is 29.8 Å². The quantitative estimate of drug-likeness (QED) is 0.516. The molecule has 0 fully saturated rings. The van der Waals surface area contributed by atoms with Crippen LogP contribution in [0.1, 0.15) is 70.0 Å². The summed E-state index contributed by atoms with van der Waals surface area (Å²) in [5.74, 6) is -2.22. The number of aromatic carboxylic acids is 2. The van der Waals surface area contributed by atoms with Gasteiger partial charge >= 0.3 is 11.9 Å². The van der Waals surface area contributed by atoms with Crippen molar-refractivity contribution in [1.82, 2.24) is 0 Å². The first kappa shape index (κ1) is 21.0. The second-order valence-electron chi connectivity index (χ2n) is 6.68. The molecule has 2 aromatic carbocycles. The van der Waals surface area contributed by atoms with Gasteiger partial charge < -0.3 is 10.2 Å². The monoisotopic (exact) mass is 388 g/mol. The van der Waals surface area contributed by atoms with Crippen LogP contribution in [0.5, 0.6) is 0 Å². The van der Waals surface area contributed by atoms with E-state index < -0.39 is 11.9 Å². The van der Waals surface area contributed by atoms with E-state index in [9.17, 15) is 19.8 Å². The molecule has 0 bridgehead atoms. The summed E-state index contributed by atoms with van der Waals surface area (Å²) < 4.78 is 0. The fourth-order valence-electron chi connectivity index (χ4n) is 3.24. The minimum atomic E-state index is -1.11. The molecule has 0 atom stereocenters. The minimum Gasteiger partial charge on any atom is -0.478 e. The Labute approximate surface area is 164 Å². The molecular formula is C22H25ClO4. The number of carboxylic acids is 2. The third kappa shape index (κ3) is 5.83. The molecule has 5 heteroatoms. The van der Waals surface area contributed by atoms with Crippen molar-refractivity contribution in [3.63, 3.8) is 0 Å². The maximum Gasteiger partial charge on any atom is 0.335 e. The second-order valence-corrected chi connectivity index (χ2v) is 7.09. The Morgan fingerprint density at radius 1 is 0.889 bits per heavy atom. The maximum absolute atomic E-state index is 11.4. The van der Waals surface area contributed by atoms with Crippen LogP contribution in [-0.2, 0) is 19.3 Å². The molecule has 0 saturated carbocycles. The second kappa shape index (κ2) is 10.1. The number of hydrogen-bond donors (Lipinski definition) is 2. The largest absolute Gasteiger partial charge is 0.478 e. The molecule has 2 rings (SSSR count). The van der Waals surface area contributed by atoms with Crippen molar-refractivity contribution < 1.29 is 19.8 Å². The van der Waals surface area contributed by atoms with Crippen LogP contribution in [0.3, 0.4) is 0 Å². The fourth-order valence-corrected chi connectivity index (χ4v) is 3.54. The molecule has 0 saturated heterocycles. The van der Waals surface area contributed by atoms with Gasteiger partial charge in [-0.2, -0.15) is 0 Å². The predicted octanol–water partition coefficient (Wildman–Crippen LogP) is 5.64. The van der Waals surface area contributed by atoms with Crippen molar-refractivity contribution in [3.8, 4) is 0 Å².